The number of hydrogen-bond donors (Lipinski definition) is 2. The third-order valence-electron chi connectivity index (χ3n) is 5.05. The van der Waals surface area contributed by atoms with E-state index < -0.39 is 11.9 Å². The van der Waals surface area contributed by atoms with Gasteiger partial charge in [0.2, 0.25) is 0 Å². The predicted octanol–water partition coefficient (Wildman–Crippen LogP) is 3.19. The molecule has 0 saturated carbocycles. The molecule has 2 aromatic rings. The van der Waals surface area contributed by atoms with Crippen LogP contribution in [0.5, 0.6) is 11.5 Å². The molecule has 0 radical (unpaired) electrons. The molecular formula is C25H29NO6. The summed E-state index contributed by atoms with van der Waals surface area (Å²) in [6.45, 7) is 3.50. The fourth-order valence-electron chi connectivity index (χ4n) is 3.37. The Hall–Kier alpha value is -3.50. The van der Waals surface area contributed by atoms with Crippen LogP contribution in [-0.2, 0) is 16.0 Å². The number of methoxy groups -OCH3 is 1. The molecule has 1 aliphatic heterocycles. The van der Waals surface area contributed by atoms with E-state index in [9.17, 15) is 0 Å². The molecule has 7 heteroatoms. The first kappa shape index (κ1) is 24.8. The van der Waals surface area contributed by atoms with Crippen LogP contribution in [-0.4, -0.2) is 60.4 Å². The zero-order valence-electron chi connectivity index (χ0n) is 18.2. The monoisotopic (exact) mass is 439 g/mol. The van der Waals surface area contributed by atoms with Gasteiger partial charge in [-0.25, -0.2) is 9.59 Å². The quantitative estimate of drug-likeness (QED) is 0.527. The van der Waals surface area contributed by atoms with Gasteiger partial charge >= 0.3 is 11.9 Å². The molecular weight excluding hydrogens is 410 g/mol. The molecule has 170 valence electrons. The van der Waals surface area contributed by atoms with Crippen molar-refractivity contribution in [3.8, 4) is 23.3 Å². The molecule has 0 aliphatic carbocycles. The number of carbonyl (C=O) groups is 2. The molecule has 32 heavy (non-hydrogen) atoms. The Balaban J connectivity index is 0.000000534. The topological polar surface area (TPSA) is 96.3 Å². The van der Waals surface area contributed by atoms with Crippen LogP contribution in [0.4, 0.5) is 0 Å². The van der Waals surface area contributed by atoms with Crippen LogP contribution in [0.1, 0.15) is 18.4 Å². The first-order chi connectivity index (χ1) is 15.5. The van der Waals surface area contributed by atoms with Gasteiger partial charge in [-0.2, -0.15) is 0 Å². The molecule has 1 fully saturated rings. The molecule has 1 saturated heterocycles. The average Bonchev–Trinajstić information content (AvgIpc) is 2.81. The van der Waals surface area contributed by atoms with Gasteiger partial charge in [0, 0.05) is 0 Å². The van der Waals surface area contributed by atoms with E-state index in [1.165, 1.54) is 24.8 Å². The van der Waals surface area contributed by atoms with Gasteiger partial charge in [-0.3, -0.25) is 4.90 Å². The van der Waals surface area contributed by atoms with Crippen molar-refractivity contribution in [1.82, 2.24) is 4.90 Å². The molecule has 2 N–H and O–H groups in total. The van der Waals surface area contributed by atoms with Crippen molar-refractivity contribution >= 4 is 11.9 Å². The van der Waals surface area contributed by atoms with E-state index in [0.717, 1.165) is 37.1 Å². The standard InChI is InChI=1S/C23H27NO2.C2H2O4/c1-25-22-11-5-6-12-23(22)26-18-8-7-15-24-16-13-21(14-17-24)19-20-9-3-2-4-10-20;3-1(4)2(5)6/h2-6,9-12,21H,13-19H2,1H3;(H,3,4)(H,5,6). The molecule has 2 aromatic carbocycles. The van der Waals surface area contributed by atoms with E-state index in [2.05, 4.69) is 47.1 Å². The highest BCUT2D eigenvalue weighted by Gasteiger charge is 2.18. The average molecular weight is 440 g/mol. The highest BCUT2D eigenvalue weighted by atomic mass is 16.5. The number of piperidine rings is 1. The van der Waals surface area contributed by atoms with Crippen LogP contribution in [0.25, 0.3) is 0 Å². The summed E-state index contributed by atoms with van der Waals surface area (Å²) in [6.07, 6.45) is 3.72. The third kappa shape index (κ3) is 9.11. The molecule has 0 aromatic heterocycles. The van der Waals surface area contributed by atoms with E-state index in [0.29, 0.717) is 6.61 Å². The molecule has 1 heterocycles. The summed E-state index contributed by atoms with van der Waals surface area (Å²) >= 11 is 0. The minimum Gasteiger partial charge on any atom is -0.493 e. The molecule has 0 unspecified atom stereocenters. The number of benzene rings is 2. The number of hydrogen-bond acceptors (Lipinski definition) is 5. The van der Waals surface area contributed by atoms with Crippen LogP contribution in [0, 0.1) is 17.8 Å². The largest absolute Gasteiger partial charge is 0.493 e. The first-order valence-corrected chi connectivity index (χ1v) is 10.4. The maximum atomic E-state index is 9.10. The number of rotatable bonds is 6. The first-order valence-electron chi connectivity index (χ1n) is 10.4. The maximum absolute atomic E-state index is 9.10. The summed E-state index contributed by atoms with van der Waals surface area (Å²) in [7, 11) is 1.65. The molecule has 0 amide bonds. The van der Waals surface area contributed by atoms with Crippen molar-refractivity contribution in [2.45, 2.75) is 19.3 Å². The highest BCUT2D eigenvalue weighted by molar-refractivity contribution is 6.27. The lowest BCUT2D eigenvalue weighted by atomic mass is 9.90. The van der Waals surface area contributed by atoms with Crippen LogP contribution >= 0.6 is 0 Å². The minimum atomic E-state index is -1.82. The van der Waals surface area contributed by atoms with Crippen LogP contribution in [0.15, 0.2) is 54.6 Å². The lowest BCUT2D eigenvalue weighted by Gasteiger charge is -2.30. The Morgan fingerprint density at radius 3 is 2.12 bits per heavy atom. The number of carboxylic acid groups (broad SMARTS) is 2. The van der Waals surface area contributed by atoms with Crippen LogP contribution in [0.3, 0.4) is 0 Å². The second-order valence-corrected chi connectivity index (χ2v) is 7.31. The van der Waals surface area contributed by atoms with Gasteiger partial charge in [0.05, 0.1) is 13.7 Å². The van der Waals surface area contributed by atoms with E-state index in [1.807, 2.05) is 24.3 Å². The normalized spacial score (nSPS) is 13.7. The zero-order chi connectivity index (χ0) is 23.2. The third-order valence-corrected chi connectivity index (χ3v) is 5.05. The van der Waals surface area contributed by atoms with E-state index >= 15 is 0 Å². The van der Waals surface area contributed by atoms with Gasteiger partial charge in [0.25, 0.3) is 0 Å². The fraction of sp³-hybridized carbons (Fsp3) is 0.360. The van der Waals surface area contributed by atoms with Crippen LogP contribution in [0.2, 0.25) is 0 Å². The van der Waals surface area contributed by atoms with Gasteiger partial charge in [-0.15, -0.1) is 0 Å². The molecule has 0 atom stereocenters. The molecule has 0 spiro atoms. The SMILES string of the molecule is COc1ccccc1OCC#CCN1CCC(Cc2ccccc2)CC1.O=C(O)C(=O)O. The van der Waals surface area contributed by atoms with Gasteiger partial charge < -0.3 is 19.7 Å². The van der Waals surface area contributed by atoms with Gasteiger partial charge in [0.15, 0.2) is 11.5 Å². The minimum absolute atomic E-state index is 0.394. The van der Waals surface area contributed by atoms with E-state index in [1.54, 1.807) is 7.11 Å². The Morgan fingerprint density at radius 2 is 1.53 bits per heavy atom. The zero-order valence-corrected chi connectivity index (χ0v) is 18.2. The van der Waals surface area contributed by atoms with Crippen molar-refractivity contribution in [3.05, 3.63) is 60.2 Å². The Bertz CT molecular complexity index is 899. The Morgan fingerprint density at radius 1 is 0.938 bits per heavy atom. The Labute approximate surface area is 188 Å². The lowest BCUT2D eigenvalue weighted by Crippen LogP contribution is -2.34. The van der Waals surface area contributed by atoms with Gasteiger partial charge in [-0.1, -0.05) is 54.3 Å². The smallest absolute Gasteiger partial charge is 0.414 e. The molecule has 1 aliphatic rings. The van der Waals surface area contributed by atoms with E-state index in [4.69, 9.17) is 29.3 Å². The summed E-state index contributed by atoms with van der Waals surface area (Å²) < 4.78 is 11.0. The predicted molar refractivity (Wildman–Crippen MR) is 121 cm³/mol. The number of carboxylic acids is 2. The van der Waals surface area contributed by atoms with Crippen molar-refractivity contribution in [3.63, 3.8) is 0 Å². The molecule has 0 bridgehead atoms. The second kappa shape index (κ2) is 13.7. The number of para-hydroxylation sites is 2. The van der Waals surface area contributed by atoms with Crippen molar-refractivity contribution < 1.29 is 29.3 Å². The number of aliphatic carboxylic acids is 2. The summed E-state index contributed by atoms with van der Waals surface area (Å²) in [6, 6.07) is 18.5. The van der Waals surface area contributed by atoms with Crippen molar-refractivity contribution in [1.29, 1.82) is 0 Å². The second-order valence-electron chi connectivity index (χ2n) is 7.31. The summed E-state index contributed by atoms with van der Waals surface area (Å²) in [4.78, 5) is 20.6. The molecule has 3 rings (SSSR count). The lowest BCUT2D eigenvalue weighted by molar-refractivity contribution is -0.159. The number of ether oxygens (including phenoxy) is 2. The van der Waals surface area contributed by atoms with Gasteiger partial charge in [-0.05, 0) is 56.0 Å². The number of likely N-dealkylation sites (tertiary alicyclic amines) is 1. The Kier molecular flexibility index (Phi) is 10.6. The number of nitrogens with zero attached hydrogens (tertiary/aromatic N) is 1. The highest BCUT2D eigenvalue weighted by Crippen LogP contribution is 2.25. The summed E-state index contributed by atoms with van der Waals surface area (Å²) in [5, 5.41) is 14.8. The van der Waals surface area contributed by atoms with Gasteiger partial charge in [0.1, 0.15) is 6.61 Å². The summed E-state index contributed by atoms with van der Waals surface area (Å²) in [5.74, 6) is 4.99. The van der Waals surface area contributed by atoms with Crippen LogP contribution < -0.4 is 9.47 Å². The fourth-order valence-corrected chi connectivity index (χ4v) is 3.37. The maximum Gasteiger partial charge on any atom is 0.414 e. The van der Waals surface area contributed by atoms with Crippen molar-refractivity contribution in [2.75, 3.05) is 33.4 Å². The van der Waals surface area contributed by atoms with E-state index in [-0.39, 0.29) is 0 Å². The van der Waals surface area contributed by atoms with Crippen molar-refractivity contribution in [2.24, 2.45) is 5.92 Å². The molecule has 7 nitrogen and oxygen atoms in total. The summed E-state index contributed by atoms with van der Waals surface area (Å²) in [5.41, 5.74) is 1.46.